The monoisotopic (exact) mass is 387 g/mol. The Morgan fingerprint density at radius 3 is 2.36 bits per heavy atom. The second-order valence-corrected chi connectivity index (χ2v) is 6.37. The zero-order valence-corrected chi connectivity index (χ0v) is 15.4. The van der Waals surface area contributed by atoms with Crippen LogP contribution in [0.4, 0.5) is 13.2 Å². The summed E-state index contributed by atoms with van der Waals surface area (Å²) in [6.07, 6.45) is 2.76. The molecule has 28 heavy (non-hydrogen) atoms. The summed E-state index contributed by atoms with van der Waals surface area (Å²) in [6.45, 7) is 2.22. The zero-order chi connectivity index (χ0) is 20.1. The number of ether oxygens (including phenoxy) is 1. The van der Waals surface area contributed by atoms with E-state index in [9.17, 15) is 18.3 Å². The van der Waals surface area contributed by atoms with Crippen molar-refractivity contribution in [2.45, 2.75) is 26.4 Å². The number of phenolic OH excluding ortho intramolecular Hbond substituents is 1. The molecule has 3 nitrogen and oxygen atoms in total. The van der Waals surface area contributed by atoms with Crippen molar-refractivity contribution in [1.29, 1.82) is 0 Å². The van der Waals surface area contributed by atoms with Gasteiger partial charge in [-0.2, -0.15) is 0 Å². The highest BCUT2D eigenvalue weighted by Gasteiger charge is 2.15. The number of halogens is 3. The van der Waals surface area contributed by atoms with Gasteiger partial charge in [0.15, 0.2) is 23.2 Å². The fraction of sp³-hybridized carbons (Fsp3) is 0.227. The van der Waals surface area contributed by atoms with E-state index in [1.165, 1.54) is 24.3 Å². The predicted molar refractivity (Wildman–Crippen MR) is 100 cm³/mol. The molecule has 6 heteroatoms. The second-order valence-electron chi connectivity index (χ2n) is 6.37. The molecule has 0 atom stereocenters. The van der Waals surface area contributed by atoms with Crippen molar-refractivity contribution < 1.29 is 23.0 Å². The largest absolute Gasteiger partial charge is 0.505 e. The van der Waals surface area contributed by atoms with Crippen molar-refractivity contribution in [3.8, 4) is 17.0 Å². The summed E-state index contributed by atoms with van der Waals surface area (Å²) < 4.78 is 47.1. The molecule has 146 valence electrons. The molecular weight excluding hydrogens is 367 g/mol. The Hall–Kier alpha value is -2.86. The van der Waals surface area contributed by atoms with E-state index in [-0.39, 0.29) is 23.5 Å². The minimum Gasteiger partial charge on any atom is -0.505 e. The lowest BCUT2D eigenvalue weighted by molar-refractivity contribution is 0.131. The lowest BCUT2D eigenvalue weighted by atomic mass is 10.0. The normalized spacial score (nSPS) is 11.0. The third kappa shape index (κ3) is 4.51. The van der Waals surface area contributed by atoms with E-state index in [4.69, 9.17) is 4.74 Å². The third-order valence-electron chi connectivity index (χ3n) is 4.44. The zero-order valence-electron chi connectivity index (χ0n) is 15.4. The van der Waals surface area contributed by atoms with Crippen LogP contribution in [0.3, 0.4) is 0 Å². The molecule has 0 spiro atoms. The first-order valence-electron chi connectivity index (χ1n) is 8.97. The van der Waals surface area contributed by atoms with E-state index in [0.29, 0.717) is 25.1 Å². The Balaban J connectivity index is 1.71. The van der Waals surface area contributed by atoms with Gasteiger partial charge in [0.1, 0.15) is 0 Å². The smallest absolute Gasteiger partial charge is 0.168 e. The highest BCUT2D eigenvalue weighted by molar-refractivity contribution is 5.60. The molecule has 0 saturated heterocycles. The maximum atomic E-state index is 14.4. The van der Waals surface area contributed by atoms with Crippen molar-refractivity contribution in [2.24, 2.45) is 0 Å². The SMILES string of the molecule is CCOCc1ccc(-c2ccc(CCc3ccc(O)c(F)c3)cn2)c(F)c1F. The van der Waals surface area contributed by atoms with Crippen molar-refractivity contribution in [1.82, 2.24) is 4.98 Å². The van der Waals surface area contributed by atoms with Gasteiger partial charge in [-0.05, 0) is 55.2 Å². The van der Waals surface area contributed by atoms with Crippen LogP contribution < -0.4 is 0 Å². The number of hydrogen-bond donors (Lipinski definition) is 1. The lowest BCUT2D eigenvalue weighted by Gasteiger charge is -2.09. The molecule has 1 heterocycles. The Labute approximate surface area is 161 Å². The van der Waals surface area contributed by atoms with E-state index in [0.717, 1.165) is 11.1 Å². The molecule has 1 aromatic heterocycles. The second kappa shape index (κ2) is 8.89. The molecule has 0 bridgehead atoms. The fourth-order valence-electron chi connectivity index (χ4n) is 2.84. The number of rotatable bonds is 7. The van der Waals surface area contributed by atoms with Gasteiger partial charge in [0.05, 0.1) is 12.3 Å². The summed E-state index contributed by atoms with van der Waals surface area (Å²) in [4.78, 5) is 4.23. The maximum Gasteiger partial charge on any atom is 0.168 e. The summed E-state index contributed by atoms with van der Waals surface area (Å²) in [5, 5.41) is 9.22. The van der Waals surface area contributed by atoms with E-state index in [2.05, 4.69) is 4.98 Å². The summed E-state index contributed by atoms with van der Waals surface area (Å²) in [5.74, 6) is -2.91. The standard InChI is InChI=1S/C22H20F3NO2/c1-2-28-13-16-7-8-17(22(25)21(16)24)19-9-5-15(12-26-19)4-3-14-6-10-20(27)18(23)11-14/h5-12,27H,2-4,13H2,1H3. The molecule has 0 radical (unpaired) electrons. The number of nitrogens with zero attached hydrogens (tertiary/aromatic N) is 1. The molecule has 2 aromatic carbocycles. The van der Waals surface area contributed by atoms with Gasteiger partial charge in [-0.1, -0.05) is 18.2 Å². The molecule has 0 unspecified atom stereocenters. The van der Waals surface area contributed by atoms with Gasteiger partial charge in [0.25, 0.3) is 0 Å². The minimum atomic E-state index is -0.947. The van der Waals surface area contributed by atoms with Crippen molar-refractivity contribution in [2.75, 3.05) is 6.61 Å². The minimum absolute atomic E-state index is 0.0176. The van der Waals surface area contributed by atoms with E-state index >= 15 is 0 Å². The third-order valence-corrected chi connectivity index (χ3v) is 4.44. The van der Waals surface area contributed by atoms with E-state index in [1.54, 1.807) is 31.3 Å². The molecule has 0 saturated carbocycles. The van der Waals surface area contributed by atoms with Crippen LogP contribution in [0.1, 0.15) is 23.6 Å². The van der Waals surface area contributed by atoms with Crippen LogP contribution in [0, 0.1) is 17.5 Å². The first-order valence-corrected chi connectivity index (χ1v) is 8.97. The van der Waals surface area contributed by atoms with Crippen LogP contribution in [0.25, 0.3) is 11.3 Å². The van der Waals surface area contributed by atoms with Crippen molar-refractivity contribution >= 4 is 0 Å². The van der Waals surface area contributed by atoms with E-state index in [1.807, 2.05) is 0 Å². The quantitative estimate of drug-likeness (QED) is 0.606. The van der Waals surface area contributed by atoms with Crippen LogP contribution in [-0.4, -0.2) is 16.7 Å². The Morgan fingerprint density at radius 2 is 1.68 bits per heavy atom. The number of aryl methyl sites for hydroxylation is 2. The van der Waals surface area contributed by atoms with Gasteiger partial charge in [-0.15, -0.1) is 0 Å². The van der Waals surface area contributed by atoms with Crippen LogP contribution in [-0.2, 0) is 24.2 Å². The number of aromatic hydroxyl groups is 1. The summed E-state index contributed by atoms with van der Waals surface area (Å²) in [7, 11) is 0. The molecule has 0 amide bonds. The molecular formula is C22H20F3NO2. The summed E-state index contributed by atoms with van der Waals surface area (Å²) in [6, 6.07) is 10.7. The molecule has 0 aliphatic carbocycles. The van der Waals surface area contributed by atoms with Gasteiger partial charge >= 0.3 is 0 Å². The number of benzene rings is 2. The van der Waals surface area contributed by atoms with Crippen molar-refractivity contribution in [3.63, 3.8) is 0 Å². The highest BCUT2D eigenvalue weighted by Crippen LogP contribution is 2.26. The summed E-state index contributed by atoms with van der Waals surface area (Å²) in [5.41, 5.74) is 2.22. The lowest BCUT2D eigenvalue weighted by Crippen LogP contribution is -2.01. The fourth-order valence-corrected chi connectivity index (χ4v) is 2.84. The molecule has 1 N–H and O–H groups in total. The van der Waals surface area contributed by atoms with E-state index < -0.39 is 17.5 Å². The summed E-state index contributed by atoms with van der Waals surface area (Å²) >= 11 is 0. The van der Waals surface area contributed by atoms with Gasteiger partial charge in [0, 0.05) is 23.9 Å². The predicted octanol–water partition coefficient (Wildman–Crippen LogP) is 5.19. The van der Waals surface area contributed by atoms with Gasteiger partial charge < -0.3 is 9.84 Å². The number of aromatic nitrogens is 1. The maximum absolute atomic E-state index is 14.4. The molecule has 0 fully saturated rings. The first-order chi connectivity index (χ1) is 13.5. The average molecular weight is 387 g/mol. The van der Waals surface area contributed by atoms with Gasteiger partial charge in [-0.3, -0.25) is 4.98 Å². The van der Waals surface area contributed by atoms with Crippen LogP contribution in [0.2, 0.25) is 0 Å². The Kier molecular flexibility index (Phi) is 6.31. The number of pyridine rings is 1. The molecule has 3 aromatic rings. The Bertz CT molecular complexity index is 959. The average Bonchev–Trinajstić information content (AvgIpc) is 2.70. The topological polar surface area (TPSA) is 42.4 Å². The Morgan fingerprint density at radius 1 is 0.929 bits per heavy atom. The van der Waals surface area contributed by atoms with Gasteiger partial charge in [-0.25, -0.2) is 13.2 Å². The highest BCUT2D eigenvalue weighted by atomic mass is 19.2. The van der Waals surface area contributed by atoms with Crippen LogP contribution in [0.5, 0.6) is 5.75 Å². The van der Waals surface area contributed by atoms with Crippen LogP contribution in [0.15, 0.2) is 48.7 Å². The van der Waals surface area contributed by atoms with Crippen LogP contribution >= 0.6 is 0 Å². The molecule has 0 aliphatic rings. The van der Waals surface area contributed by atoms with Gasteiger partial charge in [0.2, 0.25) is 0 Å². The molecule has 0 aliphatic heterocycles. The molecule has 3 rings (SSSR count). The first kappa shape index (κ1) is 19.9. The number of hydrogen-bond acceptors (Lipinski definition) is 3. The number of phenols is 1. The van der Waals surface area contributed by atoms with Crippen molar-refractivity contribution in [3.05, 3.63) is 82.8 Å².